The molecule has 2 heterocycles. The van der Waals surface area contributed by atoms with Gasteiger partial charge in [0.2, 0.25) is 0 Å². The van der Waals surface area contributed by atoms with Gasteiger partial charge in [0.15, 0.2) is 5.82 Å². The van der Waals surface area contributed by atoms with Gasteiger partial charge in [0.05, 0.1) is 23.9 Å². The molecule has 26 heavy (non-hydrogen) atoms. The molecule has 1 aromatic carbocycles. The lowest BCUT2D eigenvalue weighted by atomic mass is 10.1. The monoisotopic (exact) mass is 359 g/mol. The van der Waals surface area contributed by atoms with Gasteiger partial charge in [-0.05, 0) is 18.6 Å². The van der Waals surface area contributed by atoms with Gasteiger partial charge in [-0.15, -0.1) is 10.2 Å². The number of carbonyl (C=O) groups excluding carboxylic acids is 2. The summed E-state index contributed by atoms with van der Waals surface area (Å²) in [5.41, 5.74) is 0.608. The number of hydrogen-bond acceptors (Lipinski definition) is 6. The fourth-order valence-electron chi connectivity index (χ4n) is 2.49. The molecule has 2 aromatic rings. The zero-order chi connectivity index (χ0) is 18.8. The van der Waals surface area contributed by atoms with E-state index >= 15 is 0 Å². The van der Waals surface area contributed by atoms with Gasteiger partial charge >= 0.3 is 6.09 Å². The minimum Gasteiger partial charge on any atom is -0.465 e. The number of carboxylic acid groups (broad SMARTS) is 1. The molecule has 1 aromatic heterocycles. The predicted molar refractivity (Wildman–Crippen MR) is 88.6 cm³/mol. The molecule has 1 aliphatic heterocycles. The predicted octanol–water partition coefficient (Wildman–Crippen LogP) is 1.40. The molecule has 0 spiro atoms. The fraction of sp³-hybridized carbons (Fsp3) is 0.312. The van der Waals surface area contributed by atoms with E-state index in [1.165, 1.54) is 17.9 Å². The fourth-order valence-corrected chi connectivity index (χ4v) is 2.49. The van der Waals surface area contributed by atoms with Crippen LogP contribution in [0.2, 0.25) is 0 Å². The first-order chi connectivity index (χ1) is 12.4. The van der Waals surface area contributed by atoms with Crippen LogP contribution in [0.5, 0.6) is 0 Å². The van der Waals surface area contributed by atoms with Crippen molar-refractivity contribution in [3.8, 4) is 0 Å². The van der Waals surface area contributed by atoms with E-state index in [9.17, 15) is 14.4 Å². The lowest BCUT2D eigenvalue weighted by Crippen LogP contribution is -2.36. The molecular weight excluding hydrogens is 342 g/mol. The first kappa shape index (κ1) is 17.5. The number of carbonyl (C=O) groups is 3. The van der Waals surface area contributed by atoms with Gasteiger partial charge < -0.3 is 5.11 Å². The van der Waals surface area contributed by atoms with Gasteiger partial charge in [-0.1, -0.05) is 24.3 Å². The van der Waals surface area contributed by atoms with Crippen LogP contribution in [0.15, 0.2) is 30.5 Å². The van der Waals surface area contributed by atoms with E-state index in [-0.39, 0.29) is 12.4 Å². The minimum absolute atomic E-state index is 0.160. The number of benzene rings is 1. The minimum atomic E-state index is -1.16. The maximum Gasteiger partial charge on any atom is 0.412 e. The Morgan fingerprint density at radius 2 is 1.88 bits per heavy atom. The smallest absolute Gasteiger partial charge is 0.412 e. The number of amides is 3. The van der Waals surface area contributed by atoms with Crippen molar-refractivity contribution in [2.75, 3.05) is 11.9 Å². The Bertz CT molecular complexity index is 829. The Hall–Kier alpha value is -3.27. The van der Waals surface area contributed by atoms with E-state index in [1.54, 1.807) is 24.3 Å². The number of anilines is 1. The number of nitrogens with zero attached hydrogens (tertiary/aromatic N) is 5. The normalized spacial score (nSPS) is 14.5. The van der Waals surface area contributed by atoms with E-state index in [4.69, 9.17) is 9.94 Å². The Kier molecular flexibility index (Phi) is 4.67. The number of rotatable bonds is 6. The lowest BCUT2D eigenvalue weighted by Gasteiger charge is -2.21. The van der Waals surface area contributed by atoms with Gasteiger partial charge in [0.1, 0.15) is 6.10 Å². The van der Waals surface area contributed by atoms with Crippen LogP contribution in [0.4, 0.5) is 10.6 Å². The van der Waals surface area contributed by atoms with Crippen LogP contribution in [-0.2, 0) is 11.4 Å². The molecular formula is C16H17N5O5. The summed E-state index contributed by atoms with van der Waals surface area (Å²) in [5.74, 6) is -0.851. The number of imide groups is 1. The molecule has 3 rings (SSSR count). The van der Waals surface area contributed by atoms with Crippen LogP contribution < -0.4 is 4.90 Å². The molecule has 0 saturated carbocycles. The molecule has 136 valence electrons. The van der Waals surface area contributed by atoms with Crippen LogP contribution >= 0.6 is 0 Å². The number of aromatic nitrogens is 3. The van der Waals surface area contributed by atoms with Crippen molar-refractivity contribution in [2.45, 2.75) is 26.0 Å². The molecule has 0 fully saturated rings. The van der Waals surface area contributed by atoms with Crippen molar-refractivity contribution in [1.29, 1.82) is 0 Å². The second-order valence-electron chi connectivity index (χ2n) is 5.73. The Labute approximate surface area is 148 Å². The molecule has 0 radical (unpaired) electrons. The maximum absolute atomic E-state index is 12.4. The Morgan fingerprint density at radius 1 is 1.27 bits per heavy atom. The highest BCUT2D eigenvalue weighted by Crippen LogP contribution is 2.24. The molecule has 1 unspecified atom stereocenters. The van der Waals surface area contributed by atoms with E-state index in [1.807, 2.05) is 6.92 Å². The number of hydroxylamine groups is 2. The third-order valence-electron chi connectivity index (χ3n) is 4.01. The summed E-state index contributed by atoms with van der Waals surface area (Å²) in [5, 5.41) is 17.3. The SMILES string of the molecule is CCC(Cn1cc(N(C)C(=O)O)nn1)ON1C(=O)c2ccccc2C1=O. The number of fused-ring (bicyclic) bond motifs is 1. The molecule has 10 heteroatoms. The standard InChI is InChI=1S/C16H17N5O5/c1-3-10(8-20-9-13(17-18-20)19(2)16(24)25)26-21-14(22)11-6-4-5-7-12(11)15(21)23/h4-7,9-10H,3,8H2,1-2H3,(H,24,25). The zero-order valence-electron chi connectivity index (χ0n) is 14.2. The van der Waals surface area contributed by atoms with Crippen LogP contribution in [0.25, 0.3) is 0 Å². The van der Waals surface area contributed by atoms with Crippen molar-refractivity contribution in [3.05, 3.63) is 41.6 Å². The van der Waals surface area contributed by atoms with E-state index in [0.29, 0.717) is 17.5 Å². The summed E-state index contributed by atoms with van der Waals surface area (Å²) < 4.78 is 1.40. The summed E-state index contributed by atoms with van der Waals surface area (Å²) in [6.45, 7) is 2.04. The molecule has 0 bridgehead atoms. The molecule has 1 aliphatic rings. The van der Waals surface area contributed by atoms with Crippen LogP contribution in [0.1, 0.15) is 34.1 Å². The summed E-state index contributed by atoms with van der Waals surface area (Å²) in [4.78, 5) is 42.2. The first-order valence-electron chi connectivity index (χ1n) is 7.93. The number of hydrogen-bond donors (Lipinski definition) is 1. The van der Waals surface area contributed by atoms with Gasteiger partial charge in [0.25, 0.3) is 11.8 Å². The average Bonchev–Trinajstić information content (AvgIpc) is 3.19. The molecule has 0 saturated heterocycles. The summed E-state index contributed by atoms with van der Waals surface area (Å²) >= 11 is 0. The zero-order valence-corrected chi connectivity index (χ0v) is 14.2. The van der Waals surface area contributed by atoms with Crippen molar-refractivity contribution >= 4 is 23.7 Å². The molecule has 1 N–H and O–H groups in total. The summed E-state index contributed by atoms with van der Waals surface area (Å²) in [7, 11) is 1.35. The van der Waals surface area contributed by atoms with Crippen molar-refractivity contribution in [1.82, 2.24) is 20.1 Å². The second-order valence-corrected chi connectivity index (χ2v) is 5.73. The molecule has 0 aliphatic carbocycles. The summed E-state index contributed by atoms with van der Waals surface area (Å²) in [6, 6.07) is 6.51. The molecule has 3 amide bonds. The quantitative estimate of drug-likeness (QED) is 0.775. The highest BCUT2D eigenvalue weighted by Gasteiger charge is 2.37. The first-order valence-corrected chi connectivity index (χ1v) is 7.93. The highest BCUT2D eigenvalue weighted by molar-refractivity contribution is 6.20. The van der Waals surface area contributed by atoms with Crippen LogP contribution in [-0.4, -0.2) is 56.2 Å². The van der Waals surface area contributed by atoms with Crippen LogP contribution in [0.3, 0.4) is 0 Å². The largest absolute Gasteiger partial charge is 0.465 e. The Morgan fingerprint density at radius 3 is 2.42 bits per heavy atom. The molecule has 1 atom stereocenters. The highest BCUT2D eigenvalue weighted by atomic mass is 16.7. The van der Waals surface area contributed by atoms with Gasteiger partial charge in [-0.25, -0.2) is 9.48 Å². The third kappa shape index (κ3) is 3.14. The van der Waals surface area contributed by atoms with Gasteiger partial charge in [-0.3, -0.25) is 19.3 Å². The van der Waals surface area contributed by atoms with Crippen LogP contribution in [0, 0.1) is 0 Å². The van der Waals surface area contributed by atoms with E-state index < -0.39 is 24.0 Å². The van der Waals surface area contributed by atoms with Gasteiger partial charge in [-0.2, -0.15) is 0 Å². The van der Waals surface area contributed by atoms with Crippen molar-refractivity contribution in [3.63, 3.8) is 0 Å². The van der Waals surface area contributed by atoms with Crippen molar-refractivity contribution in [2.24, 2.45) is 0 Å². The molecule has 10 nitrogen and oxygen atoms in total. The maximum atomic E-state index is 12.4. The second kappa shape index (κ2) is 6.92. The topological polar surface area (TPSA) is 118 Å². The van der Waals surface area contributed by atoms with Crippen molar-refractivity contribution < 1.29 is 24.3 Å². The van der Waals surface area contributed by atoms with Gasteiger partial charge in [0, 0.05) is 7.05 Å². The summed E-state index contributed by atoms with van der Waals surface area (Å²) in [6.07, 6.45) is 0.258. The average molecular weight is 359 g/mol. The van der Waals surface area contributed by atoms with E-state index in [2.05, 4.69) is 10.3 Å². The van der Waals surface area contributed by atoms with E-state index in [0.717, 1.165) is 9.96 Å². The third-order valence-corrected chi connectivity index (χ3v) is 4.01. The Balaban J connectivity index is 1.70. The lowest BCUT2D eigenvalue weighted by molar-refractivity contribution is -0.138.